The lowest BCUT2D eigenvalue weighted by atomic mass is 9.99. The second kappa shape index (κ2) is 7.54. The number of nitrogens with one attached hydrogen (secondary N) is 1. The molecule has 3 unspecified atom stereocenters. The number of hydrogen-bond donors (Lipinski definition) is 1. The molecule has 18 heavy (non-hydrogen) atoms. The highest BCUT2D eigenvalue weighted by atomic mass is 32.1. The van der Waals surface area contributed by atoms with Crippen LogP contribution < -0.4 is 5.32 Å². The molecule has 0 aliphatic carbocycles. The Labute approximate surface area is 114 Å². The molecule has 1 rings (SSSR count). The highest BCUT2D eigenvalue weighted by Crippen LogP contribution is 2.24. The van der Waals surface area contributed by atoms with Crippen LogP contribution in [0.25, 0.3) is 0 Å². The minimum Gasteiger partial charge on any atom is -0.469 e. The van der Waals surface area contributed by atoms with Crippen molar-refractivity contribution in [2.24, 2.45) is 5.92 Å². The van der Waals surface area contributed by atoms with Crippen molar-refractivity contribution in [2.75, 3.05) is 7.11 Å². The van der Waals surface area contributed by atoms with Crippen molar-refractivity contribution in [3.63, 3.8) is 0 Å². The van der Waals surface area contributed by atoms with Crippen LogP contribution in [0.5, 0.6) is 0 Å². The summed E-state index contributed by atoms with van der Waals surface area (Å²) in [6.07, 6.45) is 1.52. The van der Waals surface area contributed by atoms with E-state index in [1.165, 1.54) is 12.0 Å². The lowest BCUT2D eigenvalue weighted by Crippen LogP contribution is -2.36. The molecule has 0 spiro atoms. The first-order valence-electron chi connectivity index (χ1n) is 6.44. The molecule has 1 aromatic rings. The number of carbonyl (C=O) groups is 1. The molecule has 0 aliphatic rings. The zero-order chi connectivity index (χ0) is 13.5. The topological polar surface area (TPSA) is 38.3 Å². The predicted molar refractivity (Wildman–Crippen MR) is 75.7 cm³/mol. The van der Waals surface area contributed by atoms with Crippen LogP contribution >= 0.6 is 11.3 Å². The normalized spacial score (nSPS) is 16.0. The van der Waals surface area contributed by atoms with Gasteiger partial charge in [0.05, 0.1) is 19.6 Å². The van der Waals surface area contributed by atoms with Crippen LogP contribution in [-0.2, 0) is 9.53 Å². The monoisotopic (exact) mass is 269 g/mol. The lowest BCUT2D eigenvalue weighted by Gasteiger charge is -2.25. The van der Waals surface area contributed by atoms with Crippen LogP contribution in [0.3, 0.4) is 0 Å². The predicted octanol–water partition coefficient (Wildman–Crippen LogP) is 3.38. The summed E-state index contributed by atoms with van der Waals surface area (Å²) in [6, 6.07) is 4.52. The van der Waals surface area contributed by atoms with Crippen LogP contribution in [0.2, 0.25) is 0 Å². The van der Waals surface area contributed by atoms with Gasteiger partial charge in [-0.25, -0.2) is 0 Å². The zero-order valence-electron chi connectivity index (χ0n) is 11.6. The Morgan fingerprint density at radius 2 is 2.22 bits per heavy atom. The number of rotatable bonds is 7. The molecule has 4 heteroatoms. The van der Waals surface area contributed by atoms with Crippen LogP contribution in [0.15, 0.2) is 17.5 Å². The number of methoxy groups -OCH3 is 1. The van der Waals surface area contributed by atoms with Crippen molar-refractivity contribution in [1.82, 2.24) is 5.32 Å². The van der Waals surface area contributed by atoms with Crippen molar-refractivity contribution < 1.29 is 9.53 Å². The van der Waals surface area contributed by atoms with Gasteiger partial charge < -0.3 is 10.1 Å². The van der Waals surface area contributed by atoms with Crippen molar-refractivity contribution >= 4 is 17.3 Å². The quantitative estimate of drug-likeness (QED) is 0.771. The van der Waals surface area contributed by atoms with Gasteiger partial charge in [-0.05, 0) is 24.3 Å². The molecule has 3 nitrogen and oxygen atoms in total. The van der Waals surface area contributed by atoms with Gasteiger partial charge in [-0.15, -0.1) is 11.3 Å². The molecule has 1 aromatic heterocycles. The number of ether oxygens (including phenoxy) is 1. The maximum absolute atomic E-state index is 11.5. The lowest BCUT2D eigenvalue weighted by molar-refractivity contribution is -0.141. The molecule has 0 aromatic carbocycles. The summed E-state index contributed by atoms with van der Waals surface area (Å²) >= 11 is 1.67. The van der Waals surface area contributed by atoms with Crippen LogP contribution in [0.1, 0.15) is 44.5 Å². The van der Waals surface area contributed by atoms with Crippen LogP contribution in [0.4, 0.5) is 0 Å². The second-order valence-corrected chi connectivity index (χ2v) is 5.67. The van der Waals surface area contributed by atoms with E-state index in [4.69, 9.17) is 4.74 Å². The molecular weight excluding hydrogens is 246 g/mol. The van der Waals surface area contributed by atoms with Gasteiger partial charge in [-0.2, -0.15) is 0 Å². The molecule has 102 valence electrons. The van der Waals surface area contributed by atoms with E-state index in [1.807, 2.05) is 11.4 Å². The number of esters is 1. The highest BCUT2D eigenvalue weighted by molar-refractivity contribution is 7.10. The van der Waals surface area contributed by atoms with Gasteiger partial charge in [0.2, 0.25) is 0 Å². The fourth-order valence-corrected chi connectivity index (χ4v) is 2.60. The summed E-state index contributed by atoms with van der Waals surface area (Å²) in [5.74, 6) is 0.419. The van der Waals surface area contributed by atoms with E-state index in [1.54, 1.807) is 11.3 Å². The van der Waals surface area contributed by atoms with Gasteiger partial charge in [-0.1, -0.05) is 26.3 Å². The Balaban J connectivity index is 2.69. The second-order valence-electron chi connectivity index (χ2n) is 4.69. The van der Waals surface area contributed by atoms with Crippen molar-refractivity contribution in [3.8, 4) is 0 Å². The Morgan fingerprint density at radius 1 is 1.50 bits per heavy atom. The summed E-state index contributed by atoms with van der Waals surface area (Å²) in [5, 5.41) is 5.58. The summed E-state index contributed by atoms with van der Waals surface area (Å²) < 4.78 is 4.77. The first kappa shape index (κ1) is 15.2. The van der Waals surface area contributed by atoms with E-state index < -0.39 is 0 Å². The van der Waals surface area contributed by atoms with E-state index in [0.29, 0.717) is 18.4 Å². The van der Waals surface area contributed by atoms with Crippen molar-refractivity contribution in [1.29, 1.82) is 0 Å². The first-order valence-corrected chi connectivity index (χ1v) is 7.32. The molecule has 3 atom stereocenters. The molecule has 0 saturated carbocycles. The fourth-order valence-electron chi connectivity index (χ4n) is 1.82. The highest BCUT2D eigenvalue weighted by Gasteiger charge is 2.21. The molecule has 0 aliphatic heterocycles. The summed E-state index contributed by atoms with van der Waals surface area (Å²) in [4.78, 5) is 12.7. The first-order chi connectivity index (χ1) is 8.58. The molecular formula is C14H23NO2S. The van der Waals surface area contributed by atoms with Gasteiger partial charge in [0.15, 0.2) is 0 Å². The van der Waals surface area contributed by atoms with Gasteiger partial charge in [0.1, 0.15) is 0 Å². The largest absolute Gasteiger partial charge is 0.469 e. The SMILES string of the molecule is CCC(C)C(C)NC(CC(=O)OC)c1cccs1. The van der Waals surface area contributed by atoms with Gasteiger partial charge in [-0.3, -0.25) is 4.79 Å². The Kier molecular flexibility index (Phi) is 6.36. The van der Waals surface area contributed by atoms with Crippen molar-refractivity contribution in [3.05, 3.63) is 22.4 Å². The summed E-state index contributed by atoms with van der Waals surface area (Å²) in [6.45, 7) is 6.58. The molecule has 0 saturated heterocycles. The van der Waals surface area contributed by atoms with E-state index >= 15 is 0 Å². The Hall–Kier alpha value is -0.870. The number of carbonyl (C=O) groups excluding carboxylic acids is 1. The molecule has 0 radical (unpaired) electrons. The van der Waals surface area contributed by atoms with E-state index in [2.05, 4.69) is 32.2 Å². The minimum atomic E-state index is -0.169. The Morgan fingerprint density at radius 3 is 2.72 bits per heavy atom. The average molecular weight is 269 g/mol. The smallest absolute Gasteiger partial charge is 0.307 e. The molecule has 0 amide bonds. The fraction of sp³-hybridized carbons (Fsp3) is 0.643. The molecule has 1 heterocycles. The average Bonchev–Trinajstić information content (AvgIpc) is 2.90. The maximum atomic E-state index is 11.5. The van der Waals surface area contributed by atoms with E-state index in [0.717, 1.165) is 6.42 Å². The van der Waals surface area contributed by atoms with Crippen molar-refractivity contribution in [2.45, 2.75) is 45.7 Å². The molecule has 0 bridgehead atoms. The number of hydrogen-bond acceptors (Lipinski definition) is 4. The third-order valence-corrected chi connectivity index (χ3v) is 4.43. The van der Waals surface area contributed by atoms with E-state index in [-0.39, 0.29) is 12.0 Å². The standard InChI is InChI=1S/C14H23NO2S/c1-5-10(2)11(3)15-12(9-14(16)17-4)13-7-6-8-18-13/h6-8,10-12,15H,5,9H2,1-4H3. The molecule has 0 fully saturated rings. The Bertz CT molecular complexity index is 351. The maximum Gasteiger partial charge on any atom is 0.307 e. The van der Waals surface area contributed by atoms with Gasteiger partial charge in [0, 0.05) is 10.9 Å². The third-order valence-electron chi connectivity index (χ3n) is 3.45. The van der Waals surface area contributed by atoms with Gasteiger partial charge in [0.25, 0.3) is 0 Å². The van der Waals surface area contributed by atoms with Crippen LogP contribution in [0, 0.1) is 5.92 Å². The minimum absolute atomic E-state index is 0.0569. The van der Waals surface area contributed by atoms with Crippen LogP contribution in [-0.4, -0.2) is 19.1 Å². The molecule has 1 N–H and O–H groups in total. The van der Waals surface area contributed by atoms with Gasteiger partial charge >= 0.3 is 5.97 Å². The number of thiophene rings is 1. The van der Waals surface area contributed by atoms with E-state index in [9.17, 15) is 4.79 Å². The summed E-state index contributed by atoms with van der Waals surface area (Å²) in [7, 11) is 1.44. The summed E-state index contributed by atoms with van der Waals surface area (Å²) in [5.41, 5.74) is 0. The third kappa shape index (κ3) is 4.42. The zero-order valence-corrected chi connectivity index (χ0v) is 12.4.